The summed E-state index contributed by atoms with van der Waals surface area (Å²) in [5.41, 5.74) is 2.95. The van der Waals surface area contributed by atoms with Gasteiger partial charge in [-0.2, -0.15) is 0 Å². The maximum Gasteiger partial charge on any atom is 0.335 e. The molecule has 8 heteroatoms. The first kappa shape index (κ1) is 31.5. The molecule has 1 saturated heterocycles. The highest BCUT2D eigenvalue weighted by atomic mass is 16.5. The Balaban J connectivity index is 1.34. The summed E-state index contributed by atoms with van der Waals surface area (Å²) in [7, 11) is 0. The second-order valence-electron chi connectivity index (χ2n) is 11.8. The molecule has 2 heterocycles. The van der Waals surface area contributed by atoms with E-state index in [0.717, 1.165) is 80.8 Å². The minimum Gasteiger partial charge on any atom is -0.492 e. The van der Waals surface area contributed by atoms with Crippen LogP contribution in [0.15, 0.2) is 72.8 Å². The molecule has 0 saturated carbocycles. The van der Waals surface area contributed by atoms with Gasteiger partial charge in [0.25, 0.3) is 5.91 Å². The van der Waals surface area contributed by atoms with Crippen molar-refractivity contribution in [1.82, 2.24) is 9.80 Å². The summed E-state index contributed by atoms with van der Waals surface area (Å²) in [6, 6.07) is 22.7. The number of carboxylic acid groups (broad SMARTS) is 1. The number of nitrogens with zero attached hydrogens (tertiary/aromatic N) is 3. The summed E-state index contributed by atoms with van der Waals surface area (Å²) in [5.74, 6) is 0.403. The third-order valence-corrected chi connectivity index (χ3v) is 8.45. The fourth-order valence-electron chi connectivity index (χ4n) is 6.11. The number of fused-ring (bicyclic) bond motifs is 1. The molecule has 5 rings (SSSR count). The van der Waals surface area contributed by atoms with E-state index in [0.29, 0.717) is 32.0 Å². The van der Waals surface area contributed by atoms with Crippen molar-refractivity contribution >= 4 is 17.6 Å². The largest absolute Gasteiger partial charge is 0.492 e. The highest BCUT2D eigenvalue weighted by Gasteiger charge is 2.23. The number of carboxylic acids is 1. The minimum atomic E-state index is -0.977. The number of hydrogen-bond donors (Lipinski definition) is 1. The normalized spacial score (nSPS) is 16.9. The second kappa shape index (κ2) is 16.3. The van der Waals surface area contributed by atoms with Crippen LogP contribution >= 0.6 is 0 Å². The quantitative estimate of drug-likeness (QED) is 0.296. The molecule has 234 valence electrons. The van der Waals surface area contributed by atoms with Crippen molar-refractivity contribution in [2.45, 2.75) is 58.0 Å². The molecule has 8 nitrogen and oxygen atoms in total. The molecule has 0 atom stereocenters. The van der Waals surface area contributed by atoms with E-state index < -0.39 is 5.97 Å². The molecule has 0 radical (unpaired) electrons. The molecular weight excluding hydrogens is 554 g/mol. The van der Waals surface area contributed by atoms with Gasteiger partial charge < -0.3 is 19.5 Å². The molecule has 1 fully saturated rings. The van der Waals surface area contributed by atoms with Crippen LogP contribution in [0.4, 0.5) is 5.69 Å². The standard InChI is InChI=1S/C36H45N3O5/c40-35(28-44-32-13-5-4-6-14-32)39-21-8-3-1-2-7-20-38(27-31-25-30(36(41)42)16-17-34(31)39)26-29-12-11-15-33(24-29)43-23-22-37-18-9-10-19-37/h4-6,11-17,24-25H,1-3,7-10,18-23,26-28H2,(H,41,42). The molecule has 1 amide bonds. The molecule has 2 aliphatic rings. The fourth-order valence-corrected chi connectivity index (χ4v) is 6.11. The highest BCUT2D eigenvalue weighted by Crippen LogP contribution is 2.27. The van der Waals surface area contributed by atoms with E-state index in [4.69, 9.17) is 9.47 Å². The molecule has 44 heavy (non-hydrogen) atoms. The number of ether oxygens (including phenoxy) is 2. The molecule has 1 N–H and O–H groups in total. The number of carbonyl (C=O) groups excluding carboxylic acids is 1. The van der Waals surface area contributed by atoms with Crippen LogP contribution in [-0.4, -0.2) is 72.7 Å². The van der Waals surface area contributed by atoms with Gasteiger partial charge in [-0.15, -0.1) is 0 Å². The van der Waals surface area contributed by atoms with Gasteiger partial charge in [-0.05, 0) is 98.9 Å². The number of rotatable bonds is 10. The Morgan fingerprint density at radius 3 is 2.20 bits per heavy atom. The van der Waals surface area contributed by atoms with Gasteiger partial charge in [-0.1, -0.05) is 49.6 Å². The second-order valence-corrected chi connectivity index (χ2v) is 11.8. The van der Waals surface area contributed by atoms with Gasteiger partial charge in [-0.3, -0.25) is 14.6 Å². The molecule has 0 aromatic heterocycles. The summed E-state index contributed by atoms with van der Waals surface area (Å²) < 4.78 is 12.0. The van der Waals surface area contributed by atoms with E-state index in [2.05, 4.69) is 21.9 Å². The molecule has 3 aromatic carbocycles. The van der Waals surface area contributed by atoms with E-state index in [1.807, 2.05) is 42.5 Å². The monoisotopic (exact) mass is 599 g/mol. The van der Waals surface area contributed by atoms with Crippen LogP contribution in [0.2, 0.25) is 0 Å². The van der Waals surface area contributed by atoms with Crippen molar-refractivity contribution in [3.8, 4) is 11.5 Å². The smallest absolute Gasteiger partial charge is 0.335 e. The van der Waals surface area contributed by atoms with E-state index in [1.165, 1.54) is 12.8 Å². The van der Waals surface area contributed by atoms with Crippen molar-refractivity contribution in [2.24, 2.45) is 0 Å². The zero-order valence-electron chi connectivity index (χ0n) is 25.7. The molecule has 0 aliphatic carbocycles. The number of benzene rings is 3. The van der Waals surface area contributed by atoms with Gasteiger partial charge in [0, 0.05) is 31.9 Å². The Hall–Kier alpha value is -3.88. The molecule has 3 aromatic rings. The van der Waals surface area contributed by atoms with E-state index in [1.54, 1.807) is 23.1 Å². The SMILES string of the molecule is O=C(O)c1ccc2c(c1)CN(Cc1cccc(OCCN3CCCC3)c1)CCCCCCCN2C(=O)COc1ccccc1. The first-order chi connectivity index (χ1) is 21.5. The van der Waals surface area contributed by atoms with Gasteiger partial charge in [0.2, 0.25) is 0 Å². The van der Waals surface area contributed by atoms with Crippen LogP contribution in [0.1, 0.15) is 66.4 Å². The summed E-state index contributed by atoms with van der Waals surface area (Å²) in [6.45, 7) is 6.53. The van der Waals surface area contributed by atoms with Crippen LogP contribution < -0.4 is 14.4 Å². The first-order valence-electron chi connectivity index (χ1n) is 16.1. The van der Waals surface area contributed by atoms with Gasteiger partial charge >= 0.3 is 5.97 Å². The number of hydrogen-bond acceptors (Lipinski definition) is 6. The molecule has 2 aliphatic heterocycles. The summed E-state index contributed by atoms with van der Waals surface area (Å²) in [5, 5.41) is 9.82. The van der Waals surface area contributed by atoms with Crippen molar-refractivity contribution < 1.29 is 24.2 Å². The molecule has 0 unspecified atom stereocenters. The molecule has 0 bridgehead atoms. The van der Waals surface area contributed by atoms with E-state index >= 15 is 0 Å². The zero-order chi connectivity index (χ0) is 30.6. The number of carbonyl (C=O) groups is 2. The van der Waals surface area contributed by atoms with Crippen molar-refractivity contribution in [1.29, 1.82) is 0 Å². The van der Waals surface area contributed by atoms with Gasteiger partial charge in [0.15, 0.2) is 6.61 Å². The van der Waals surface area contributed by atoms with Crippen LogP contribution in [0.3, 0.4) is 0 Å². The van der Waals surface area contributed by atoms with Crippen LogP contribution in [0.5, 0.6) is 11.5 Å². The lowest BCUT2D eigenvalue weighted by atomic mass is 10.0. The predicted octanol–water partition coefficient (Wildman–Crippen LogP) is 6.24. The maximum absolute atomic E-state index is 13.6. The Morgan fingerprint density at radius 2 is 1.41 bits per heavy atom. The third-order valence-electron chi connectivity index (χ3n) is 8.45. The van der Waals surface area contributed by atoms with Crippen LogP contribution in [0.25, 0.3) is 0 Å². The number of anilines is 1. The fraction of sp³-hybridized carbons (Fsp3) is 0.444. The van der Waals surface area contributed by atoms with Crippen LogP contribution in [0, 0.1) is 0 Å². The Labute approximate surface area is 261 Å². The summed E-state index contributed by atoms with van der Waals surface area (Å²) in [4.78, 5) is 32.2. The van der Waals surface area contributed by atoms with Crippen LogP contribution in [-0.2, 0) is 17.9 Å². The lowest BCUT2D eigenvalue weighted by molar-refractivity contribution is -0.120. The van der Waals surface area contributed by atoms with Crippen molar-refractivity contribution in [3.63, 3.8) is 0 Å². The Morgan fingerprint density at radius 1 is 0.705 bits per heavy atom. The topological polar surface area (TPSA) is 82.5 Å². The first-order valence-corrected chi connectivity index (χ1v) is 16.1. The van der Waals surface area contributed by atoms with Crippen molar-refractivity contribution in [3.05, 3.63) is 89.5 Å². The summed E-state index contributed by atoms with van der Waals surface area (Å²) in [6.07, 6.45) is 7.75. The number of para-hydroxylation sites is 1. The van der Waals surface area contributed by atoms with Crippen molar-refractivity contribution in [2.75, 3.05) is 50.8 Å². The maximum atomic E-state index is 13.6. The zero-order valence-corrected chi connectivity index (χ0v) is 25.7. The predicted molar refractivity (Wildman–Crippen MR) is 173 cm³/mol. The number of aromatic carboxylic acids is 1. The highest BCUT2D eigenvalue weighted by molar-refractivity contribution is 5.96. The average molecular weight is 600 g/mol. The molecule has 0 spiro atoms. The van der Waals surface area contributed by atoms with Gasteiger partial charge in [0.05, 0.1) is 5.56 Å². The number of amides is 1. The Kier molecular flexibility index (Phi) is 11.7. The lowest BCUT2D eigenvalue weighted by Gasteiger charge is -2.30. The minimum absolute atomic E-state index is 0.0849. The number of likely N-dealkylation sites (tertiary alicyclic amines) is 1. The summed E-state index contributed by atoms with van der Waals surface area (Å²) >= 11 is 0. The molecular formula is C36H45N3O5. The third kappa shape index (κ3) is 9.31. The van der Waals surface area contributed by atoms with Gasteiger partial charge in [0.1, 0.15) is 18.1 Å². The van der Waals surface area contributed by atoms with E-state index in [-0.39, 0.29) is 18.1 Å². The lowest BCUT2D eigenvalue weighted by Crippen LogP contribution is -2.37. The van der Waals surface area contributed by atoms with Gasteiger partial charge in [-0.25, -0.2) is 4.79 Å². The van der Waals surface area contributed by atoms with E-state index in [9.17, 15) is 14.7 Å². The Bertz CT molecular complexity index is 1360. The average Bonchev–Trinajstić information content (AvgIpc) is 3.55.